The SMILES string of the molecule is CC1(C)CN(S(=O)(=O)c2ccc3c(c2)CNC3)CCO1. The molecule has 0 bridgehead atoms. The number of sulfonamides is 1. The summed E-state index contributed by atoms with van der Waals surface area (Å²) in [6, 6.07) is 5.42. The number of hydrogen-bond acceptors (Lipinski definition) is 4. The van der Waals surface area contributed by atoms with Gasteiger partial charge in [0, 0.05) is 26.2 Å². The molecule has 0 atom stereocenters. The molecule has 1 aromatic rings. The summed E-state index contributed by atoms with van der Waals surface area (Å²) in [5.41, 5.74) is 1.84. The van der Waals surface area contributed by atoms with Crippen LogP contribution in [0.5, 0.6) is 0 Å². The van der Waals surface area contributed by atoms with Gasteiger partial charge >= 0.3 is 0 Å². The highest BCUT2D eigenvalue weighted by atomic mass is 32.2. The Kier molecular flexibility index (Phi) is 3.36. The summed E-state index contributed by atoms with van der Waals surface area (Å²) in [5, 5.41) is 3.23. The molecule has 0 radical (unpaired) electrons. The average molecular weight is 296 g/mol. The Hall–Kier alpha value is -0.950. The standard InChI is InChI=1S/C14H20N2O3S/c1-14(2)10-16(5-6-19-14)20(17,18)13-4-3-11-8-15-9-12(11)7-13/h3-4,7,15H,5-6,8-10H2,1-2H3. The van der Waals surface area contributed by atoms with Gasteiger partial charge < -0.3 is 10.1 Å². The van der Waals surface area contributed by atoms with Gasteiger partial charge in [-0.2, -0.15) is 4.31 Å². The Bertz CT molecular complexity index is 625. The predicted octanol–water partition coefficient (Wildman–Crippen LogP) is 1.09. The second-order valence-electron chi connectivity index (χ2n) is 5.98. The number of rotatable bonds is 2. The average Bonchev–Trinajstić information content (AvgIpc) is 2.84. The lowest BCUT2D eigenvalue weighted by atomic mass is 10.1. The first-order chi connectivity index (χ1) is 9.38. The Morgan fingerprint density at radius 1 is 1.25 bits per heavy atom. The first-order valence-corrected chi connectivity index (χ1v) is 8.29. The van der Waals surface area contributed by atoms with Gasteiger partial charge in [0.15, 0.2) is 0 Å². The third kappa shape index (κ3) is 2.48. The van der Waals surface area contributed by atoms with Crippen LogP contribution in [-0.2, 0) is 27.8 Å². The van der Waals surface area contributed by atoms with Crippen molar-refractivity contribution in [1.82, 2.24) is 9.62 Å². The van der Waals surface area contributed by atoms with Crippen molar-refractivity contribution in [2.45, 2.75) is 37.4 Å². The van der Waals surface area contributed by atoms with Crippen LogP contribution in [0.4, 0.5) is 0 Å². The minimum absolute atomic E-state index is 0.387. The van der Waals surface area contributed by atoms with Gasteiger partial charge in [-0.15, -0.1) is 0 Å². The molecule has 2 aliphatic heterocycles. The van der Waals surface area contributed by atoms with Crippen molar-refractivity contribution in [2.24, 2.45) is 0 Å². The summed E-state index contributed by atoms with van der Waals surface area (Å²) in [5.74, 6) is 0. The maximum atomic E-state index is 12.7. The summed E-state index contributed by atoms with van der Waals surface area (Å²) in [7, 11) is -3.43. The molecule has 1 N–H and O–H groups in total. The van der Waals surface area contributed by atoms with Crippen LogP contribution in [0.15, 0.2) is 23.1 Å². The van der Waals surface area contributed by atoms with E-state index in [-0.39, 0.29) is 0 Å². The quantitative estimate of drug-likeness (QED) is 0.887. The van der Waals surface area contributed by atoms with E-state index in [9.17, 15) is 8.42 Å². The van der Waals surface area contributed by atoms with E-state index in [2.05, 4.69) is 5.32 Å². The van der Waals surface area contributed by atoms with Crippen LogP contribution in [0, 0.1) is 0 Å². The van der Waals surface area contributed by atoms with E-state index in [1.54, 1.807) is 12.1 Å². The van der Waals surface area contributed by atoms with E-state index >= 15 is 0 Å². The summed E-state index contributed by atoms with van der Waals surface area (Å²) < 4.78 is 32.6. The maximum absolute atomic E-state index is 12.7. The van der Waals surface area contributed by atoms with Gasteiger partial charge in [-0.3, -0.25) is 0 Å². The molecule has 0 aromatic heterocycles. The van der Waals surface area contributed by atoms with E-state index < -0.39 is 15.6 Å². The minimum atomic E-state index is -3.43. The fraction of sp³-hybridized carbons (Fsp3) is 0.571. The van der Waals surface area contributed by atoms with Crippen LogP contribution in [0.2, 0.25) is 0 Å². The Morgan fingerprint density at radius 2 is 2.00 bits per heavy atom. The molecule has 0 unspecified atom stereocenters. The van der Waals surface area contributed by atoms with Crippen molar-refractivity contribution in [3.63, 3.8) is 0 Å². The van der Waals surface area contributed by atoms with Crippen molar-refractivity contribution in [1.29, 1.82) is 0 Å². The number of hydrogen-bond donors (Lipinski definition) is 1. The van der Waals surface area contributed by atoms with E-state index in [0.29, 0.717) is 24.6 Å². The zero-order valence-electron chi connectivity index (χ0n) is 11.8. The molecule has 2 heterocycles. The topological polar surface area (TPSA) is 58.6 Å². The summed E-state index contributed by atoms with van der Waals surface area (Å²) in [4.78, 5) is 0.387. The Morgan fingerprint density at radius 3 is 2.75 bits per heavy atom. The largest absolute Gasteiger partial charge is 0.373 e. The molecule has 3 rings (SSSR count). The van der Waals surface area contributed by atoms with E-state index in [1.165, 1.54) is 9.87 Å². The van der Waals surface area contributed by atoms with Gasteiger partial charge in [-0.25, -0.2) is 8.42 Å². The number of morpholine rings is 1. The highest BCUT2D eigenvalue weighted by Gasteiger charge is 2.35. The Labute approximate surface area is 120 Å². The van der Waals surface area contributed by atoms with Crippen LogP contribution < -0.4 is 5.32 Å². The minimum Gasteiger partial charge on any atom is -0.373 e. The van der Waals surface area contributed by atoms with Crippen LogP contribution in [0.3, 0.4) is 0 Å². The third-order valence-electron chi connectivity index (χ3n) is 3.84. The highest BCUT2D eigenvalue weighted by molar-refractivity contribution is 7.89. The first-order valence-electron chi connectivity index (χ1n) is 6.85. The molecule has 1 aromatic carbocycles. The molecule has 110 valence electrons. The van der Waals surface area contributed by atoms with E-state index in [4.69, 9.17) is 4.74 Å². The highest BCUT2D eigenvalue weighted by Crippen LogP contribution is 2.26. The van der Waals surface area contributed by atoms with Crippen LogP contribution in [0.25, 0.3) is 0 Å². The Balaban J connectivity index is 1.92. The number of fused-ring (bicyclic) bond motifs is 1. The second kappa shape index (κ2) is 4.80. The smallest absolute Gasteiger partial charge is 0.243 e. The normalized spacial score (nSPS) is 22.7. The monoisotopic (exact) mass is 296 g/mol. The van der Waals surface area contributed by atoms with Gasteiger partial charge in [0.05, 0.1) is 17.1 Å². The molecule has 6 heteroatoms. The lowest BCUT2D eigenvalue weighted by molar-refractivity contribution is -0.0640. The molecule has 0 aliphatic carbocycles. The molecule has 1 fully saturated rings. The second-order valence-corrected chi connectivity index (χ2v) is 7.92. The van der Waals surface area contributed by atoms with Crippen LogP contribution in [0.1, 0.15) is 25.0 Å². The van der Waals surface area contributed by atoms with Crippen molar-refractivity contribution in [2.75, 3.05) is 19.7 Å². The fourth-order valence-electron chi connectivity index (χ4n) is 2.76. The van der Waals surface area contributed by atoms with Gasteiger partial charge in [0.2, 0.25) is 10.0 Å². The first kappa shape index (κ1) is 14.0. The number of ether oxygens (including phenoxy) is 1. The molecule has 0 spiro atoms. The zero-order valence-corrected chi connectivity index (χ0v) is 12.7. The number of nitrogens with zero attached hydrogens (tertiary/aromatic N) is 1. The van der Waals surface area contributed by atoms with Gasteiger partial charge in [-0.05, 0) is 37.1 Å². The zero-order chi connectivity index (χ0) is 14.4. The molecule has 2 aliphatic rings. The van der Waals surface area contributed by atoms with Crippen molar-refractivity contribution >= 4 is 10.0 Å². The summed E-state index contributed by atoms with van der Waals surface area (Å²) in [6.45, 7) is 6.65. The molecule has 0 saturated carbocycles. The van der Waals surface area contributed by atoms with Crippen molar-refractivity contribution < 1.29 is 13.2 Å². The summed E-state index contributed by atoms with van der Waals surface area (Å²) in [6.07, 6.45) is 0. The van der Waals surface area contributed by atoms with E-state index in [0.717, 1.165) is 18.7 Å². The molecule has 0 amide bonds. The molecule has 5 nitrogen and oxygen atoms in total. The van der Waals surface area contributed by atoms with Gasteiger partial charge in [-0.1, -0.05) is 6.07 Å². The lowest BCUT2D eigenvalue weighted by Gasteiger charge is -2.37. The molecular weight excluding hydrogens is 276 g/mol. The molecule has 20 heavy (non-hydrogen) atoms. The number of nitrogens with one attached hydrogen (secondary N) is 1. The predicted molar refractivity (Wildman–Crippen MR) is 75.8 cm³/mol. The van der Waals surface area contributed by atoms with Gasteiger partial charge in [0.1, 0.15) is 0 Å². The molecular formula is C14H20N2O3S. The van der Waals surface area contributed by atoms with Crippen molar-refractivity contribution in [3.05, 3.63) is 29.3 Å². The van der Waals surface area contributed by atoms with Crippen LogP contribution >= 0.6 is 0 Å². The maximum Gasteiger partial charge on any atom is 0.243 e. The lowest BCUT2D eigenvalue weighted by Crippen LogP contribution is -2.50. The molecule has 1 saturated heterocycles. The van der Waals surface area contributed by atoms with Gasteiger partial charge in [0.25, 0.3) is 0 Å². The third-order valence-corrected chi connectivity index (χ3v) is 5.68. The van der Waals surface area contributed by atoms with Crippen LogP contribution in [-0.4, -0.2) is 38.0 Å². The fourth-order valence-corrected chi connectivity index (χ4v) is 4.38. The number of benzene rings is 1. The van der Waals surface area contributed by atoms with Crippen molar-refractivity contribution in [3.8, 4) is 0 Å². The van der Waals surface area contributed by atoms with E-state index in [1.807, 2.05) is 19.9 Å². The summed E-state index contributed by atoms with van der Waals surface area (Å²) >= 11 is 0.